The fourth-order valence-electron chi connectivity index (χ4n) is 0.461. The summed E-state index contributed by atoms with van der Waals surface area (Å²) in [4.78, 5) is 4.02. The van der Waals surface area contributed by atoms with Crippen molar-refractivity contribution < 1.29 is 4.18 Å². The first kappa shape index (κ1) is 12.3. The van der Waals surface area contributed by atoms with Gasteiger partial charge in [-0.05, 0) is 17.6 Å². The second-order valence-electron chi connectivity index (χ2n) is 3.68. The van der Waals surface area contributed by atoms with E-state index < -0.39 is 0 Å². The Kier molecular flexibility index (Phi) is 4.85. The second-order valence-corrected chi connectivity index (χ2v) is 4.18. The van der Waals surface area contributed by atoms with Crippen molar-refractivity contribution in [3.63, 3.8) is 0 Å². The van der Waals surface area contributed by atoms with Gasteiger partial charge < -0.3 is 4.18 Å². The average Bonchev–Trinajstić information content (AvgIpc) is 1.99. The lowest BCUT2D eigenvalue weighted by atomic mass is 9.88. The molecule has 74 valence electrons. The Labute approximate surface area is 85.0 Å². The van der Waals surface area contributed by atoms with E-state index in [4.69, 9.17) is 4.18 Å². The lowest BCUT2D eigenvalue weighted by Crippen LogP contribution is -2.09. The van der Waals surface area contributed by atoms with Crippen LogP contribution in [-0.4, -0.2) is 12.5 Å². The van der Waals surface area contributed by atoms with Crippen LogP contribution in [0.1, 0.15) is 20.8 Å². The summed E-state index contributed by atoms with van der Waals surface area (Å²) in [5.41, 5.74) is 1.00. The van der Waals surface area contributed by atoms with Gasteiger partial charge in [0.25, 0.3) is 0 Å². The van der Waals surface area contributed by atoms with Crippen LogP contribution in [0.4, 0.5) is 0 Å². The molecule has 2 nitrogen and oxygen atoms in total. The van der Waals surface area contributed by atoms with Crippen molar-refractivity contribution in [3.05, 3.63) is 24.6 Å². The van der Waals surface area contributed by atoms with Gasteiger partial charge in [-0.25, -0.2) is 4.99 Å². The minimum atomic E-state index is 0.0448. The molecule has 0 aromatic rings. The lowest BCUT2D eigenvalue weighted by Gasteiger charge is -2.17. The monoisotopic (exact) mass is 199 g/mol. The summed E-state index contributed by atoms with van der Waals surface area (Å²) in [6, 6.07) is 0. The van der Waals surface area contributed by atoms with E-state index in [1.807, 2.05) is 6.26 Å². The third kappa shape index (κ3) is 5.53. The highest BCUT2D eigenvalue weighted by molar-refractivity contribution is 7.94. The number of hydrogen-bond acceptors (Lipinski definition) is 3. The van der Waals surface area contributed by atoms with Crippen molar-refractivity contribution in [2.75, 3.05) is 6.26 Å². The van der Waals surface area contributed by atoms with Crippen LogP contribution in [0, 0.1) is 5.41 Å². The molecule has 0 amide bonds. The predicted octanol–water partition coefficient (Wildman–Crippen LogP) is 3.43. The van der Waals surface area contributed by atoms with Gasteiger partial charge in [-0.1, -0.05) is 27.4 Å². The lowest BCUT2D eigenvalue weighted by molar-refractivity contribution is 0.497. The number of nitrogens with zero attached hydrogens (tertiary/aromatic N) is 1. The smallest absolute Gasteiger partial charge is 0.220 e. The van der Waals surface area contributed by atoms with Crippen LogP contribution in [0.25, 0.3) is 0 Å². The molecule has 0 heterocycles. The summed E-state index contributed by atoms with van der Waals surface area (Å²) in [6.45, 7) is 13.8. The van der Waals surface area contributed by atoms with Gasteiger partial charge in [0.05, 0.1) is 12.0 Å². The molecule has 3 heteroatoms. The molecular weight excluding hydrogens is 182 g/mol. The van der Waals surface area contributed by atoms with Gasteiger partial charge in [0.15, 0.2) is 0 Å². The molecule has 0 saturated carbocycles. The van der Waals surface area contributed by atoms with Gasteiger partial charge in [0.2, 0.25) is 5.88 Å². The van der Waals surface area contributed by atoms with Gasteiger partial charge in [-0.15, -0.1) is 0 Å². The van der Waals surface area contributed by atoms with Crippen LogP contribution < -0.4 is 0 Å². The van der Waals surface area contributed by atoms with Crippen molar-refractivity contribution in [1.29, 1.82) is 0 Å². The highest BCUT2D eigenvalue weighted by Crippen LogP contribution is 2.21. The van der Waals surface area contributed by atoms with Gasteiger partial charge in [0, 0.05) is 12.5 Å². The standard InChI is InChI=1S/C10H17NOS/c1-8(10(3,4)5)7-11-9(2)12-13-6/h7H,1-2H2,3-6H3/b11-7+. The maximum atomic E-state index is 4.99. The van der Waals surface area contributed by atoms with Crippen molar-refractivity contribution in [2.24, 2.45) is 10.4 Å². The molecule has 0 aliphatic rings. The highest BCUT2D eigenvalue weighted by atomic mass is 32.2. The Morgan fingerprint density at radius 2 is 1.92 bits per heavy atom. The minimum absolute atomic E-state index is 0.0448. The molecule has 0 atom stereocenters. The van der Waals surface area contributed by atoms with Gasteiger partial charge in [-0.3, -0.25) is 0 Å². The largest absolute Gasteiger partial charge is 0.407 e. The van der Waals surface area contributed by atoms with Crippen molar-refractivity contribution in [2.45, 2.75) is 20.8 Å². The van der Waals surface area contributed by atoms with E-state index in [0.717, 1.165) is 5.57 Å². The van der Waals surface area contributed by atoms with Crippen LogP contribution >= 0.6 is 12.0 Å². The summed E-state index contributed by atoms with van der Waals surface area (Å²) in [6.07, 6.45) is 3.51. The first-order valence-electron chi connectivity index (χ1n) is 4.01. The van der Waals surface area contributed by atoms with Crippen molar-refractivity contribution >= 4 is 18.3 Å². The van der Waals surface area contributed by atoms with Crippen LogP contribution in [0.5, 0.6) is 0 Å². The van der Waals surface area contributed by atoms with Crippen molar-refractivity contribution in [3.8, 4) is 0 Å². The minimum Gasteiger partial charge on any atom is -0.407 e. The summed E-state index contributed by atoms with van der Waals surface area (Å²) >= 11 is 1.23. The van der Waals surface area contributed by atoms with E-state index >= 15 is 0 Å². The van der Waals surface area contributed by atoms with Gasteiger partial charge in [0.1, 0.15) is 0 Å². The molecule has 0 bridgehead atoms. The summed E-state index contributed by atoms with van der Waals surface area (Å²) in [5, 5.41) is 0. The highest BCUT2D eigenvalue weighted by Gasteiger charge is 2.12. The normalized spacial score (nSPS) is 11.7. The third-order valence-corrected chi connectivity index (χ3v) is 1.87. The number of aliphatic imine (C=N–C) groups is 1. The zero-order valence-corrected chi connectivity index (χ0v) is 9.57. The second kappa shape index (κ2) is 5.12. The summed E-state index contributed by atoms with van der Waals surface area (Å²) < 4.78 is 4.99. The molecule has 0 spiro atoms. The van der Waals surface area contributed by atoms with Gasteiger partial charge in [-0.2, -0.15) is 0 Å². The molecule has 0 rings (SSSR count). The van der Waals surface area contributed by atoms with Crippen LogP contribution in [0.3, 0.4) is 0 Å². The Morgan fingerprint density at radius 1 is 1.38 bits per heavy atom. The number of hydrogen-bond donors (Lipinski definition) is 0. The Balaban J connectivity index is 4.13. The molecule has 0 aliphatic heterocycles. The zero-order valence-electron chi connectivity index (χ0n) is 8.76. The van der Waals surface area contributed by atoms with E-state index in [-0.39, 0.29) is 5.41 Å². The van der Waals surface area contributed by atoms with E-state index in [2.05, 4.69) is 38.9 Å². The molecule has 0 aromatic carbocycles. The SMILES string of the molecule is C=C(/N=C/C(=C)C(C)(C)C)OSC. The van der Waals surface area contributed by atoms with E-state index in [1.165, 1.54) is 12.0 Å². The van der Waals surface area contributed by atoms with Gasteiger partial charge >= 0.3 is 0 Å². The van der Waals surface area contributed by atoms with Crippen molar-refractivity contribution in [1.82, 2.24) is 0 Å². The number of allylic oxidation sites excluding steroid dienone is 1. The maximum Gasteiger partial charge on any atom is 0.220 e. The molecule has 0 N–H and O–H groups in total. The fraction of sp³-hybridized carbons (Fsp3) is 0.500. The summed E-state index contributed by atoms with van der Waals surface area (Å²) in [7, 11) is 0. The van der Waals surface area contributed by atoms with E-state index in [9.17, 15) is 0 Å². The molecule has 0 fully saturated rings. The molecule has 0 aliphatic carbocycles. The predicted molar refractivity (Wildman–Crippen MR) is 60.8 cm³/mol. The summed E-state index contributed by atoms with van der Waals surface area (Å²) in [5.74, 6) is 0.401. The van der Waals surface area contributed by atoms with E-state index in [0.29, 0.717) is 5.88 Å². The average molecular weight is 199 g/mol. The van der Waals surface area contributed by atoms with E-state index in [1.54, 1.807) is 6.21 Å². The first-order valence-corrected chi connectivity index (χ1v) is 5.16. The van der Waals surface area contributed by atoms with Crippen LogP contribution in [0.15, 0.2) is 29.6 Å². The quantitative estimate of drug-likeness (QED) is 0.393. The van der Waals surface area contributed by atoms with Crippen LogP contribution in [0.2, 0.25) is 0 Å². The number of rotatable bonds is 4. The topological polar surface area (TPSA) is 21.6 Å². The Hall–Kier alpha value is -0.700. The molecule has 0 saturated heterocycles. The fourth-order valence-corrected chi connectivity index (χ4v) is 0.697. The Bertz CT molecular complexity index is 226. The van der Waals surface area contributed by atoms with Crippen LogP contribution in [-0.2, 0) is 4.18 Å². The molecule has 0 unspecified atom stereocenters. The molecule has 0 radical (unpaired) electrons. The molecular formula is C10H17NOS. The maximum absolute atomic E-state index is 4.99. The zero-order chi connectivity index (χ0) is 10.5. The molecule has 0 aromatic heterocycles. The molecule has 13 heavy (non-hydrogen) atoms. The first-order chi connectivity index (χ1) is 5.88. The Morgan fingerprint density at radius 3 is 2.31 bits per heavy atom. The third-order valence-electron chi connectivity index (χ3n) is 1.51.